The van der Waals surface area contributed by atoms with Crippen LogP contribution in [0.2, 0.25) is 0 Å². The molecule has 5 rings (SSSR count). The molecule has 0 bridgehead atoms. The van der Waals surface area contributed by atoms with Gasteiger partial charge < -0.3 is 0 Å². The Hall–Kier alpha value is -4.85. The summed E-state index contributed by atoms with van der Waals surface area (Å²) in [4.78, 5) is 45.8. The van der Waals surface area contributed by atoms with Crippen LogP contribution in [0.4, 0.5) is 0 Å². The van der Waals surface area contributed by atoms with Crippen LogP contribution in [0.1, 0.15) is 66.6 Å². The van der Waals surface area contributed by atoms with Gasteiger partial charge in [-0.25, -0.2) is 9.78 Å². The molecule has 0 fully saturated rings. The number of H-pyrrole nitrogens is 1. The first-order valence-corrected chi connectivity index (χ1v) is 13.9. The maximum absolute atomic E-state index is 13.7. The summed E-state index contributed by atoms with van der Waals surface area (Å²) < 4.78 is 6.31. The van der Waals surface area contributed by atoms with Crippen LogP contribution < -0.4 is 11.3 Å². The second kappa shape index (κ2) is 13.5. The van der Waals surface area contributed by atoms with Gasteiger partial charge in [-0.05, 0) is 30.0 Å². The van der Waals surface area contributed by atoms with Gasteiger partial charge in [0.25, 0.3) is 5.56 Å². The Kier molecular flexibility index (Phi) is 9.58. The number of benzene rings is 3. The molecule has 0 amide bonds. The topological polar surface area (TPSA) is 111 Å². The van der Waals surface area contributed by atoms with Gasteiger partial charge in [0.05, 0.1) is 12.2 Å². The fraction of sp³-hybridized carbons (Fsp3) is 0.242. The number of carbonyl (C=O) groups excluding carboxylic acids is 1. The second-order valence-corrected chi connectivity index (χ2v) is 9.36. The molecule has 0 atom stereocenters. The van der Waals surface area contributed by atoms with E-state index in [-0.39, 0.29) is 16.9 Å². The van der Waals surface area contributed by atoms with Crippen molar-refractivity contribution in [2.24, 2.45) is 0 Å². The van der Waals surface area contributed by atoms with Gasteiger partial charge in [0.15, 0.2) is 11.6 Å². The van der Waals surface area contributed by atoms with E-state index in [1.54, 1.807) is 35.8 Å². The summed E-state index contributed by atoms with van der Waals surface area (Å²) in [7, 11) is 0. The molecule has 1 N–H and O–H groups in total. The Labute approximate surface area is 238 Å². The van der Waals surface area contributed by atoms with Crippen molar-refractivity contribution in [2.75, 3.05) is 0 Å². The highest BCUT2D eigenvalue weighted by Gasteiger charge is 2.21. The van der Waals surface area contributed by atoms with Crippen LogP contribution in [-0.4, -0.2) is 25.5 Å². The third-order valence-corrected chi connectivity index (χ3v) is 6.67. The van der Waals surface area contributed by atoms with Gasteiger partial charge in [-0.2, -0.15) is 0 Å². The Morgan fingerprint density at radius 2 is 1.56 bits per heavy atom. The Bertz CT molecular complexity index is 1730. The van der Waals surface area contributed by atoms with Crippen LogP contribution in [0, 0.1) is 6.92 Å². The highest BCUT2D eigenvalue weighted by Crippen LogP contribution is 2.30. The number of aryl methyl sites for hydroxylation is 2. The summed E-state index contributed by atoms with van der Waals surface area (Å²) in [5.41, 5.74) is 4.12. The standard InChI is InChI=1S/C31H28N4O4.C2H6/c1-3-4-14-26-32-20(2)27(28(36)23-10-6-5-7-11-23)30(37)35(26)19-21-15-17-22(18-16-21)24-12-8-9-13-25(24)29-33-31(38)39-34-29;1-2/h5-13,15-18H,3-4,14,19H2,1-2H3,(H,33,34,38);1-2H3. The second-order valence-electron chi connectivity index (χ2n) is 9.36. The molecule has 0 spiro atoms. The third-order valence-electron chi connectivity index (χ3n) is 6.67. The van der Waals surface area contributed by atoms with Crippen molar-refractivity contribution in [3.63, 3.8) is 0 Å². The van der Waals surface area contributed by atoms with Crippen LogP contribution in [0.5, 0.6) is 0 Å². The summed E-state index contributed by atoms with van der Waals surface area (Å²) in [6.45, 7) is 8.11. The van der Waals surface area contributed by atoms with Crippen molar-refractivity contribution in [3.8, 4) is 22.5 Å². The van der Waals surface area contributed by atoms with Gasteiger partial charge in [-0.3, -0.25) is 23.7 Å². The van der Waals surface area contributed by atoms with Gasteiger partial charge in [-0.1, -0.05) is 111 Å². The van der Waals surface area contributed by atoms with E-state index >= 15 is 0 Å². The van der Waals surface area contributed by atoms with E-state index in [9.17, 15) is 14.4 Å². The molecular formula is C33H34N4O4. The number of nitrogens with one attached hydrogen (secondary N) is 1. The highest BCUT2D eigenvalue weighted by atomic mass is 16.5. The molecule has 2 aromatic heterocycles. The molecule has 2 heterocycles. The molecule has 8 nitrogen and oxygen atoms in total. The number of ketones is 1. The van der Waals surface area contributed by atoms with E-state index in [1.807, 2.05) is 68.4 Å². The van der Waals surface area contributed by atoms with E-state index in [0.29, 0.717) is 35.9 Å². The molecular weight excluding hydrogens is 516 g/mol. The molecule has 0 radical (unpaired) electrons. The lowest BCUT2D eigenvalue weighted by molar-refractivity contribution is 0.103. The van der Waals surface area contributed by atoms with Gasteiger partial charge in [0.2, 0.25) is 0 Å². The minimum absolute atomic E-state index is 0.105. The van der Waals surface area contributed by atoms with Crippen molar-refractivity contribution in [2.45, 2.75) is 53.5 Å². The zero-order chi connectivity index (χ0) is 29.4. The summed E-state index contributed by atoms with van der Waals surface area (Å²) in [6.07, 6.45) is 2.50. The summed E-state index contributed by atoms with van der Waals surface area (Å²) in [5.74, 6) is 0.0945. The van der Waals surface area contributed by atoms with Crippen molar-refractivity contribution in [1.29, 1.82) is 0 Å². The van der Waals surface area contributed by atoms with Gasteiger partial charge in [0, 0.05) is 17.5 Å². The lowest BCUT2D eigenvalue weighted by Crippen LogP contribution is -2.32. The number of unbranched alkanes of at least 4 members (excludes halogenated alkanes) is 1. The summed E-state index contributed by atoms with van der Waals surface area (Å²) in [5, 5.41) is 3.83. The lowest BCUT2D eigenvalue weighted by Gasteiger charge is -2.16. The first-order chi connectivity index (χ1) is 20.0. The van der Waals surface area contributed by atoms with E-state index in [4.69, 9.17) is 4.98 Å². The van der Waals surface area contributed by atoms with E-state index in [0.717, 1.165) is 35.1 Å². The third kappa shape index (κ3) is 6.49. The normalized spacial score (nSPS) is 10.6. The molecule has 0 aliphatic carbocycles. The smallest absolute Gasteiger partial charge is 0.296 e. The van der Waals surface area contributed by atoms with Crippen LogP contribution >= 0.6 is 0 Å². The van der Waals surface area contributed by atoms with Gasteiger partial charge in [0.1, 0.15) is 11.4 Å². The van der Waals surface area contributed by atoms with Gasteiger partial charge >= 0.3 is 5.76 Å². The highest BCUT2D eigenvalue weighted by molar-refractivity contribution is 6.09. The number of rotatable bonds is 9. The molecule has 0 aliphatic rings. The van der Waals surface area contributed by atoms with Crippen LogP contribution in [0.15, 0.2) is 93.0 Å². The van der Waals surface area contributed by atoms with Crippen molar-refractivity contribution in [1.82, 2.24) is 19.7 Å². The van der Waals surface area contributed by atoms with Crippen LogP contribution in [0.25, 0.3) is 22.5 Å². The molecule has 0 aliphatic heterocycles. The lowest BCUT2D eigenvalue weighted by atomic mass is 9.98. The molecule has 41 heavy (non-hydrogen) atoms. The van der Waals surface area contributed by atoms with Crippen LogP contribution in [-0.2, 0) is 13.0 Å². The Balaban J connectivity index is 0.00000189. The van der Waals surface area contributed by atoms with E-state index < -0.39 is 5.76 Å². The number of aromatic nitrogens is 4. The average Bonchev–Trinajstić information content (AvgIpc) is 3.45. The molecule has 3 aromatic carbocycles. The maximum Gasteiger partial charge on any atom is 0.439 e. The molecule has 5 aromatic rings. The fourth-order valence-electron chi connectivity index (χ4n) is 4.66. The fourth-order valence-corrected chi connectivity index (χ4v) is 4.66. The van der Waals surface area contributed by atoms with Crippen molar-refractivity contribution >= 4 is 5.78 Å². The number of nitrogens with zero attached hydrogens (tertiary/aromatic N) is 3. The predicted molar refractivity (Wildman–Crippen MR) is 160 cm³/mol. The van der Waals surface area contributed by atoms with E-state index in [1.165, 1.54) is 0 Å². The quantitative estimate of drug-likeness (QED) is 0.219. The largest absolute Gasteiger partial charge is 0.439 e. The molecule has 210 valence electrons. The Morgan fingerprint density at radius 1 is 0.902 bits per heavy atom. The summed E-state index contributed by atoms with van der Waals surface area (Å²) >= 11 is 0. The number of carbonyl (C=O) groups is 1. The molecule has 0 saturated heterocycles. The Morgan fingerprint density at radius 3 is 2.20 bits per heavy atom. The monoisotopic (exact) mass is 550 g/mol. The van der Waals surface area contributed by atoms with Crippen molar-refractivity contribution < 1.29 is 9.32 Å². The SMILES string of the molecule is CC.CCCCc1nc(C)c(C(=O)c2ccccc2)c(=O)n1Cc1ccc(-c2ccccc2-c2noc(=O)[nH]2)cc1. The maximum atomic E-state index is 13.7. The average molecular weight is 551 g/mol. The first kappa shape index (κ1) is 29.1. The van der Waals surface area contributed by atoms with Crippen molar-refractivity contribution in [3.05, 3.63) is 128 Å². The minimum Gasteiger partial charge on any atom is -0.296 e. The zero-order valence-corrected chi connectivity index (χ0v) is 23.8. The molecule has 0 unspecified atom stereocenters. The van der Waals surface area contributed by atoms with Gasteiger partial charge in [-0.15, -0.1) is 0 Å². The van der Waals surface area contributed by atoms with E-state index in [2.05, 4.69) is 21.6 Å². The predicted octanol–water partition coefficient (Wildman–Crippen LogP) is 6.21. The molecule has 8 heteroatoms. The number of hydrogen-bond acceptors (Lipinski definition) is 6. The van der Waals surface area contributed by atoms with Crippen LogP contribution in [0.3, 0.4) is 0 Å². The molecule has 0 saturated carbocycles. The number of hydrogen-bond donors (Lipinski definition) is 1. The minimum atomic E-state index is -0.615. The zero-order valence-electron chi connectivity index (χ0n) is 23.8. The number of aromatic amines is 1. The first-order valence-electron chi connectivity index (χ1n) is 13.9. The summed E-state index contributed by atoms with van der Waals surface area (Å²) in [6, 6.07) is 24.2.